The molecule has 0 saturated carbocycles. The fourth-order valence-corrected chi connectivity index (χ4v) is 14.2. The minimum Gasteiger partial charge on any atom is -0.546 e. The molecule has 2 aliphatic heterocycles. The lowest BCUT2D eigenvalue weighted by Gasteiger charge is -2.42. The Kier molecular flexibility index (Phi) is 25.0. The number of halogens is 5. The summed E-state index contributed by atoms with van der Waals surface area (Å²) in [5.74, 6) is -5.05. The minimum absolute atomic E-state index is 0.00973. The number of aromatic nitrogens is 4. The Morgan fingerprint density at radius 1 is 0.785 bits per heavy atom. The number of nitrogens with one attached hydrogen (secondary N) is 4. The van der Waals surface area contributed by atoms with Gasteiger partial charge >= 0.3 is 12.2 Å². The molecule has 7 amide bonds. The van der Waals surface area contributed by atoms with Gasteiger partial charge in [-0.15, -0.1) is 11.3 Å². The third-order valence-electron chi connectivity index (χ3n) is 18.2. The number of likely N-dealkylation sites (N-methyl/N-ethyl adjacent to an activating group) is 1. The van der Waals surface area contributed by atoms with Crippen LogP contribution in [0.2, 0.25) is 5.02 Å². The third kappa shape index (κ3) is 19.2. The number of carboxylic acids is 1. The fourth-order valence-electron chi connectivity index (χ4n) is 12.7. The van der Waals surface area contributed by atoms with Crippen molar-refractivity contribution in [1.29, 1.82) is 0 Å². The zero-order valence-electron chi connectivity index (χ0n) is 58.7. The van der Waals surface area contributed by atoms with E-state index >= 15 is 4.39 Å². The highest BCUT2D eigenvalue weighted by Crippen LogP contribution is 2.51. The molecule has 0 aliphatic carbocycles. The number of nitrogens with zero attached hydrogens (tertiary/aromatic N) is 7. The van der Waals surface area contributed by atoms with Crippen molar-refractivity contribution in [2.45, 2.75) is 77.0 Å². The van der Waals surface area contributed by atoms with Gasteiger partial charge in [-0.05, 0) is 90.4 Å². The Balaban J connectivity index is 0.743. The van der Waals surface area contributed by atoms with Crippen molar-refractivity contribution in [1.82, 2.24) is 45.7 Å². The van der Waals surface area contributed by atoms with Gasteiger partial charge in [-0.25, -0.2) is 29.1 Å². The van der Waals surface area contributed by atoms with Gasteiger partial charge < -0.3 is 69.8 Å². The van der Waals surface area contributed by atoms with Crippen molar-refractivity contribution in [2.24, 2.45) is 11.7 Å². The largest absolute Gasteiger partial charge is 0.546 e. The van der Waals surface area contributed by atoms with Crippen molar-refractivity contribution in [3.8, 4) is 40.3 Å². The number of hydrogen-bond donors (Lipinski definition) is 5. The maximum absolute atomic E-state index is 16.1. The van der Waals surface area contributed by atoms with Crippen molar-refractivity contribution in [2.75, 3.05) is 91.7 Å². The maximum Gasteiger partial charge on any atom is 0.422 e. The number of piperazine rings is 1. The molecule has 0 bridgehead atoms. The average Bonchev–Trinajstić information content (AvgIpc) is 1.64. The van der Waals surface area contributed by atoms with E-state index in [0.717, 1.165) is 53.1 Å². The minimum atomic E-state index is -4.86. The molecule has 0 spiro atoms. The number of anilines is 1. The number of urea groups is 1. The first-order valence-electron chi connectivity index (χ1n) is 34.3. The van der Waals surface area contributed by atoms with Crippen LogP contribution < -0.4 is 55.8 Å². The number of aliphatic carboxylic acids is 1. The van der Waals surface area contributed by atoms with Gasteiger partial charge in [0, 0.05) is 94.9 Å². The first kappa shape index (κ1) is 77.2. The molecule has 0 radical (unpaired) electrons. The molecule has 11 rings (SSSR count). The van der Waals surface area contributed by atoms with E-state index in [1.165, 1.54) is 12.4 Å². The molecule has 1 saturated heterocycles. The topological polar surface area (TPSA) is 330 Å². The summed E-state index contributed by atoms with van der Waals surface area (Å²) < 4.78 is 94.2. The number of amides is 7. The number of carboxylic acid groups (broad SMARTS) is 1. The molecule has 9 aromatic rings. The number of carbonyl (C=O) groups excluding carboxylic acids is 7. The van der Waals surface area contributed by atoms with Crippen LogP contribution in [0.5, 0.6) is 28.9 Å². The summed E-state index contributed by atoms with van der Waals surface area (Å²) in [6.07, 6.45) is -1.46. The monoisotopic (exact) mass is 1510 g/mol. The van der Waals surface area contributed by atoms with Gasteiger partial charge in [0.05, 0.1) is 74.6 Å². The molecule has 107 heavy (non-hydrogen) atoms. The van der Waals surface area contributed by atoms with Crippen LogP contribution in [0.3, 0.4) is 0 Å². The van der Waals surface area contributed by atoms with E-state index in [9.17, 15) is 51.8 Å². The molecule has 32 heteroatoms. The van der Waals surface area contributed by atoms with E-state index in [1.807, 2.05) is 30.3 Å². The fraction of sp³-hybridized carbons (Fsp3) is 0.347. The highest BCUT2D eigenvalue weighted by molar-refractivity contribution is 7.26. The lowest BCUT2D eigenvalue weighted by molar-refractivity contribution is -0.926. The van der Waals surface area contributed by atoms with Gasteiger partial charge in [0.25, 0.3) is 11.8 Å². The summed E-state index contributed by atoms with van der Waals surface area (Å²) in [7, 11) is 3.69. The van der Waals surface area contributed by atoms with E-state index in [4.69, 9.17) is 45.8 Å². The zero-order valence-corrected chi connectivity index (χ0v) is 60.2. The Bertz CT molecular complexity index is 4810. The molecular weight excluding hydrogens is 1440 g/mol. The number of nitrogens with two attached hydrogens (primary N) is 1. The first-order valence-corrected chi connectivity index (χ1v) is 35.5. The molecular formula is C75H77ClF4N12O14S. The maximum atomic E-state index is 16.1. The number of methoxy groups -OCH3 is 1. The quantitative estimate of drug-likeness (QED) is 0.00831. The van der Waals surface area contributed by atoms with E-state index < -0.39 is 90.0 Å². The summed E-state index contributed by atoms with van der Waals surface area (Å²) in [5.41, 5.74) is 8.33. The number of benzene rings is 6. The predicted molar refractivity (Wildman–Crippen MR) is 388 cm³/mol. The van der Waals surface area contributed by atoms with Crippen molar-refractivity contribution in [3.05, 3.63) is 155 Å². The molecule has 6 aromatic carbocycles. The number of primary amides is 1. The molecule has 0 unspecified atom stereocenters. The number of rotatable bonds is 34. The Morgan fingerprint density at radius 3 is 2.23 bits per heavy atom. The first-order chi connectivity index (χ1) is 51.3. The number of thiophene rings is 1. The Labute approximate surface area is 620 Å². The molecule has 6 N–H and O–H groups in total. The number of carbonyl (C=O) groups is 7. The van der Waals surface area contributed by atoms with Crippen molar-refractivity contribution >= 4 is 112 Å². The second-order valence-corrected chi connectivity index (χ2v) is 27.6. The zero-order chi connectivity index (χ0) is 76.1. The summed E-state index contributed by atoms with van der Waals surface area (Å²) in [4.78, 5) is 110. The normalized spacial score (nSPS) is 14.7. The van der Waals surface area contributed by atoms with Gasteiger partial charge in [0.15, 0.2) is 24.0 Å². The van der Waals surface area contributed by atoms with Crippen LogP contribution in [0.1, 0.15) is 49.9 Å². The van der Waals surface area contributed by atoms with Gasteiger partial charge in [-0.3, -0.25) is 33.8 Å². The lowest BCUT2D eigenvalue weighted by atomic mass is 9.96. The van der Waals surface area contributed by atoms with E-state index in [-0.39, 0.29) is 109 Å². The lowest BCUT2D eigenvalue weighted by Crippen LogP contribution is -2.57. The summed E-state index contributed by atoms with van der Waals surface area (Å²) >= 11 is 8.44. The third-order valence-corrected chi connectivity index (χ3v) is 19.7. The average molecular weight is 1510 g/mol. The number of ether oxygens (including phenoxy) is 6. The second-order valence-electron chi connectivity index (χ2n) is 26.2. The smallest absolute Gasteiger partial charge is 0.422 e. The van der Waals surface area contributed by atoms with Gasteiger partial charge in [-0.2, -0.15) is 13.2 Å². The van der Waals surface area contributed by atoms with Gasteiger partial charge in [0.2, 0.25) is 23.6 Å². The molecule has 3 atom stereocenters. The van der Waals surface area contributed by atoms with Crippen molar-refractivity contribution in [3.63, 3.8) is 0 Å². The summed E-state index contributed by atoms with van der Waals surface area (Å²) in [6, 6.07) is 25.8. The molecule has 26 nitrogen and oxygen atoms in total. The highest BCUT2D eigenvalue weighted by atomic mass is 35.5. The van der Waals surface area contributed by atoms with Crippen LogP contribution in [-0.2, 0) is 53.1 Å². The Hall–Kier alpha value is -10.9. The molecule has 2 aliphatic rings. The van der Waals surface area contributed by atoms with Crippen LogP contribution in [-0.4, -0.2) is 187 Å². The number of quaternary nitrogens is 1. The Morgan fingerprint density at radius 2 is 1.51 bits per heavy atom. The van der Waals surface area contributed by atoms with Gasteiger partial charge in [-0.1, -0.05) is 67.9 Å². The summed E-state index contributed by atoms with van der Waals surface area (Å²) in [6.45, 7) is 5.71. The van der Waals surface area contributed by atoms with Crippen molar-refractivity contribution < 1.29 is 89.1 Å². The molecule has 1 fully saturated rings. The van der Waals surface area contributed by atoms with Gasteiger partial charge in [0.1, 0.15) is 66.4 Å². The van der Waals surface area contributed by atoms with Crippen LogP contribution in [0.4, 0.5) is 28.0 Å². The summed E-state index contributed by atoms with van der Waals surface area (Å²) in [5, 5.41) is 25.1. The molecule has 5 heterocycles. The van der Waals surface area contributed by atoms with E-state index in [1.54, 1.807) is 87.8 Å². The highest BCUT2D eigenvalue weighted by Gasteiger charge is 2.34. The van der Waals surface area contributed by atoms with E-state index in [0.29, 0.717) is 85.4 Å². The standard InChI is InChI=1S/C75H77ClF4N12O14S/c1-43(2)65(89-57(93)26-35-102-36-32-91-58(94)23-24-59(91)95)70(97)88-52(12-9-27-83-74(81)100)69(96)87-46-17-15-44(16-18-46)39-92(3)33-29-90(30-34-92)31-37-103-55-22-20-49-60(64(55)76)61-50(19-21-51(77)66(61)105-41-75(78,79)80)67-62(49)63-71(84-42-85-72(63)107-67)106-56(73(98)99)38-45-10-5-7-13-53(45)104-40-47-25-28-82-68(86-47)48-11-6-8-14-54(48)101-4/h5-8,10-11,13-25,28,42-43,52,56,65H,9,12,26-27,29-41H2,1-4H3,(H6-,81,83,87,88,89,93,96,97,98,99,100)/t52-,56+,65-/m0/s1. The second kappa shape index (κ2) is 34.6. The molecule has 562 valence electrons. The van der Waals surface area contributed by atoms with Crippen LogP contribution in [0.25, 0.3) is 53.2 Å². The number of imide groups is 1. The number of para-hydroxylation sites is 2. The predicted octanol–water partition coefficient (Wildman–Crippen LogP) is 8.35. The number of hydrogen-bond acceptors (Lipinski definition) is 20. The van der Waals surface area contributed by atoms with Crippen LogP contribution in [0.15, 0.2) is 128 Å². The SMILES string of the molecule is COc1ccccc1-c1nccc(COc2ccccc2C[C@@H](Oc2ncnc3sc4c5ccc(F)c(OCC(F)(F)F)c5c5c(Cl)c(OCCN6CC[N+](C)(Cc7ccc(NC(=O)[C@H](CCCNC(N)=O)NC(=O)[C@@H](NC(=O)CCOCCN8C(=O)C=CC8=O)C(C)C)cc7)CC6)ccc5c4c23)C(=O)[O-])n1. The number of alkyl halides is 3. The number of fused-ring (bicyclic) bond motifs is 8. The van der Waals surface area contributed by atoms with Crippen LogP contribution >= 0.6 is 22.9 Å². The van der Waals surface area contributed by atoms with Crippen LogP contribution in [0, 0.1) is 11.7 Å². The molecule has 3 aromatic heterocycles. The van der Waals surface area contributed by atoms with E-state index in [2.05, 4.69) is 53.2 Å².